The number of fused-ring (bicyclic) bond motifs is 1. The van der Waals surface area contributed by atoms with Crippen LogP contribution in [0, 0.1) is 6.92 Å². The molecule has 2 heterocycles. The summed E-state index contributed by atoms with van der Waals surface area (Å²) in [6.45, 7) is 3.50. The van der Waals surface area contributed by atoms with Crippen molar-refractivity contribution in [1.82, 2.24) is 4.98 Å². The number of aromatic nitrogens is 1. The number of hydrogen-bond donors (Lipinski definition) is 0. The standard InChI is InChI=1S/C19H18N2O2S2/c1-13-6-8-15(9-7-13)24-12-18(22)23-14-10-21(11-14)19-20-16-4-2-3-5-17(16)25-19/h2-9,14H,10-12H2,1H3. The first-order valence-corrected chi connectivity index (χ1v) is 9.97. The first kappa shape index (κ1) is 16.4. The summed E-state index contributed by atoms with van der Waals surface area (Å²) in [5, 5.41) is 1.00. The zero-order valence-corrected chi connectivity index (χ0v) is 15.5. The van der Waals surface area contributed by atoms with E-state index in [0.717, 1.165) is 28.6 Å². The van der Waals surface area contributed by atoms with E-state index in [4.69, 9.17) is 4.74 Å². The smallest absolute Gasteiger partial charge is 0.316 e. The highest BCUT2D eigenvalue weighted by atomic mass is 32.2. The summed E-state index contributed by atoms with van der Waals surface area (Å²) in [4.78, 5) is 19.9. The molecule has 0 bridgehead atoms. The van der Waals surface area contributed by atoms with Gasteiger partial charge < -0.3 is 9.64 Å². The van der Waals surface area contributed by atoms with E-state index in [1.54, 1.807) is 11.3 Å². The van der Waals surface area contributed by atoms with Gasteiger partial charge in [0.15, 0.2) is 5.13 Å². The zero-order valence-electron chi connectivity index (χ0n) is 13.8. The molecule has 1 aromatic heterocycles. The van der Waals surface area contributed by atoms with Gasteiger partial charge in [0.1, 0.15) is 6.10 Å². The molecule has 3 aromatic rings. The molecule has 0 unspecified atom stereocenters. The Morgan fingerprint density at radius 1 is 1.24 bits per heavy atom. The van der Waals surface area contributed by atoms with Crippen LogP contribution in [-0.2, 0) is 9.53 Å². The van der Waals surface area contributed by atoms with Gasteiger partial charge in [0, 0.05) is 4.90 Å². The molecule has 0 amide bonds. The Balaban J connectivity index is 1.25. The molecule has 128 valence electrons. The number of ether oxygens (including phenoxy) is 1. The summed E-state index contributed by atoms with van der Waals surface area (Å²) in [7, 11) is 0. The molecule has 0 aliphatic carbocycles. The summed E-state index contributed by atoms with van der Waals surface area (Å²) in [6, 6.07) is 16.3. The van der Waals surface area contributed by atoms with Crippen molar-refractivity contribution in [2.45, 2.75) is 17.9 Å². The van der Waals surface area contributed by atoms with Gasteiger partial charge in [-0.25, -0.2) is 4.98 Å². The fourth-order valence-corrected chi connectivity index (χ4v) is 4.33. The van der Waals surface area contributed by atoms with Gasteiger partial charge in [-0.3, -0.25) is 4.79 Å². The van der Waals surface area contributed by atoms with Crippen LogP contribution in [0.5, 0.6) is 0 Å². The van der Waals surface area contributed by atoms with Crippen LogP contribution in [-0.4, -0.2) is 35.9 Å². The molecule has 25 heavy (non-hydrogen) atoms. The maximum absolute atomic E-state index is 12.0. The number of thioether (sulfide) groups is 1. The van der Waals surface area contributed by atoms with Crippen molar-refractivity contribution in [3.05, 3.63) is 54.1 Å². The minimum absolute atomic E-state index is 0.0295. The van der Waals surface area contributed by atoms with Gasteiger partial charge in [-0.1, -0.05) is 41.2 Å². The highest BCUT2D eigenvalue weighted by molar-refractivity contribution is 8.00. The largest absolute Gasteiger partial charge is 0.458 e. The maximum atomic E-state index is 12.0. The van der Waals surface area contributed by atoms with Gasteiger partial charge in [-0.05, 0) is 31.2 Å². The molecule has 1 saturated heterocycles. The second-order valence-electron chi connectivity index (χ2n) is 6.08. The second kappa shape index (κ2) is 7.06. The Bertz CT molecular complexity index is 853. The fraction of sp³-hybridized carbons (Fsp3) is 0.263. The van der Waals surface area contributed by atoms with Crippen molar-refractivity contribution in [3.8, 4) is 0 Å². The minimum atomic E-state index is -0.153. The van der Waals surface area contributed by atoms with Crippen molar-refractivity contribution >= 4 is 44.4 Å². The number of para-hydroxylation sites is 1. The van der Waals surface area contributed by atoms with E-state index in [2.05, 4.69) is 35.0 Å². The Hall–Kier alpha value is -2.05. The SMILES string of the molecule is Cc1ccc(SCC(=O)OC2CN(c3nc4ccccc4s3)C2)cc1. The van der Waals surface area contributed by atoms with E-state index in [1.807, 2.05) is 30.3 Å². The van der Waals surface area contributed by atoms with Gasteiger partial charge in [-0.2, -0.15) is 0 Å². The molecular formula is C19H18N2O2S2. The third-order valence-electron chi connectivity index (χ3n) is 4.08. The second-order valence-corrected chi connectivity index (χ2v) is 8.14. The van der Waals surface area contributed by atoms with Crippen LogP contribution in [0.3, 0.4) is 0 Å². The molecular weight excluding hydrogens is 352 g/mol. The number of anilines is 1. The number of benzene rings is 2. The van der Waals surface area contributed by atoms with Crippen molar-refractivity contribution in [3.63, 3.8) is 0 Å². The van der Waals surface area contributed by atoms with Crippen LogP contribution in [0.25, 0.3) is 10.2 Å². The van der Waals surface area contributed by atoms with Crippen molar-refractivity contribution in [2.24, 2.45) is 0 Å². The number of aryl methyl sites for hydroxylation is 1. The molecule has 0 atom stereocenters. The van der Waals surface area contributed by atoms with E-state index in [-0.39, 0.29) is 12.1 Å². The van der Waals surface area contributed by atoms with Crippen LogP contribution in [0.1, 0.15) is 5.56 Å². The molecule has 4 rings (SSSR count). The van der Waals surface area contributed by atoms with E-state index < -0.39 is 0 Å². The predicted molar refractivity (Wildman–Crippen MR) is 104 cm³/mol. The summed E-state index contributed by atoms with van der Waals surface area (Å²) < 4.78 is 6.72. The third-order valence-corrected chi connectivity index (χ3v) is 6.16. The van der Waals surface area contributed by atoms with E-state index >= 15 is 0 Å². The average Bonchev–Trinajstić information content (AvgIpc) is 3.00. The minimum Gasteiger partial charge on any atom is -0.458 e. The zero-order chi connectivity index (χ0) is 17.2. The van der Waals surface area contributed by atoms with Gasteiger partial charge in [-0.15, -0.1) is 11.8 Å². The third kappa shape index (κ3) is 3.80. The molecule has 0 saturated carbocycles. The monoisotopic (exact) mass is 370 g/mol. The molecule has 1 aliphatic rings. The van der Waals surface area contributed by atoms with Gasteiger partial charge in [0.25, 0.3) is 0 Å². The predicted octanol–water partition coefficient (Wildman–Crippen LogP) is 4.13. The number of thiazole rings is 1. The van der Waals surface area contributed by atoms with Crippen molar-refractivity contribution in [1.29, 1.82) is 0 Å². The number of nitrogens with zero attached hydrogens (tertiary/aromatic N) is 2. The van der Waals surface area contributed by atoms with E-state index in [1.165, 1.54) is 22.0 Å². The summed E-state index contributed by atoms with van der Waals surface area (Å²) >= 11 is 3.20. The fourth-order valence-electron chi connectivity index (χ4n) is 2.66. The first-order valence-electron chi connectivity index (χ1n) is 8.17. The molecule has 1 aliphatic heterocycles. The average molecular weight is 370 g/mol. The number of esters is 1. The van der Waals surface area contributed by atoms with E-state index in [0.29, 0.717) is 5.75 Å². The van der Waals surface area contributed by atoms with Crippen molar-refractivity contribution in [2.75, 3.05) is 23.7 Å². The molecule has 0 spiro atoms. The molecule has 4 nitrogen and oxygen atoms in total. The summed E-state index contributed by atoms with van der Waals surface area (Å²) in [5.74, 6) is 0.195. The highest BCUT2D eigenvalue weighted by Crippen LogP contribution is 2.31. The van der Waals surface area contributed by atoms with Crippen LogP contribution in [0.15, 0.2) is 53.4 Å². The maximum Gasteiger partial charge on any atom is 0.316 e. The Morgan fingerprint density at radius 2 is 2.00 bits per heavy atom. The topological polar surface area (TPSA) is 42.4 Å². The molecule has 6 heteroatoms. The van der Waals surface area contributed by atoms with Gasteiger partial charge in [0.2, 0.25) is 0 Å². The lowest BCUT2D eigenvalue weighted by Crippen LogP contribution is -2.53. The van der Waals surface area contributed by atoms with Crippen LogP contribution >= 0.6 is 23.1 Å². The number of hydrogen-bond acceptors (Lipinski definition) is 6. The lowest BCUT2D eigenvalue weighted by molar-refractivity contribution is -0.146. The highest BCUT2D eigenvalue weighted by Gasteiger charge is 2.32. The van der Waals surface area contributed by atoms with Crippen molar-refractivity contribution < 1.29 is 9.53 Å². The summed E-state index contributed by atoms with van der Waals surface area (Å²) in [5.41, 5.74) is 2.24. The van der Waals surface area contributed by atoms with E-state index in [9.17, 15) is 4.79 Å². The Kier molecular flexibility index (Phi) is 4.63. The molecule has 2 aromatic carbocycles. The lowest BCUT2D eigenvalue weighted by Gasteiger charge is -2.38. The van der Waals surface area contributed by atoms with Gasteiger partial charge >= 0.3 is 5.97 Å². The molecule has 1 fully saturated rings. The molecule has 0 N–H and O–H groups in total. The summed E-state index contributed by atoms with van der Waals surface area (Å²) in [6.07, 6.45) is -0.0295. The normalized spacial score (nSPS) is 14.5. The number of carbonyl (C=O) groups excluding carboxylic acids is 1. The first-order chi connectivity index (χ1) is 12.2. The number of carbonyl (C=O) groups is 1. The quantitative estimate of drug-likeness (QED) is 0.499. The van der Waals surface area contributed by atoms with Crippen LogP contribution in [0.4, 0.5) is 5.13 Å². The Morgan fingerprint density at radius 3 is 2.76 bits per heavy atom. The lowest BCUT2D eigenvalue weighted by atomic mass is 10.2. The Labute approximate surface area is 154 Å². The van der Waals surface area contributed by atoms with Crippen LogP contribution in [0.2, 0.25) is 0 Å². The molecule has 0 radical (unpaired) electrons. The van der Waals surface area contributed by atoms with Crippen LogP contribution < -0.4 is 4.90 Å². The van der Waals surface area contributed by atoms with Gasteiger partial charge in [0.05, 0.1) is 29.1 Å². The number of rotatable bonds is 5.